The van der Waals surface area contributed by atoms with E-state index in [-0.39, 0.29) is 17.0 Å². The molecule has 2 aromatic rings. The minimum Gasteiger partial charge on any atom is -0.490 e. The number of guanidine groups is 1. The summed E-state index contributed by atoms with van der Waals surface area (Å²) in [5.41, 5.74) is 8.41. The summed E-state index contributed by atoms with van der Waals surface area (Å²) < 4.78 is 34.5. The highest BCUT2D eigenvalue weighted by Crippen LogP contribution is 2.29. The van der Waals surface area contributed by atoms with Gasteiger partial charge in [-0.2, -0.15) is 0 Å². The van der Waals surface area contributed by atoms with E-state index in [2.05, 4.69) is 0 Å². The van der Waals surface area contributed by atoms with Crippen LogP contribution in [0.4, 0.5) is 5.69 Å². The summed E-state index contributed by atoms with van der Waals surface area (Å²) in [6.07, 6.45) is 2.50. The predicted molar refractivity (Wildman–Crippen MR) is 138 cm³/mol. The Balaban J connectivity index is 1.48. The Hall–Kier alpha value is -3.27. The minimum atomic E-state index is -3.76. The Morgan fingerprint density at radius 2 is 1.74 bits per heavy atom. The number of nitrogens with two attached hydrogens (primary N) is 1. The average Bonchev–Trinajstić information content (AvgIpc) is 2.84. The molecule has 0 unspecified atom stereocenters. The lowest BCUT2D eigenvalue weighted by Gasteiger charge is -2.32. The van der Waals surface area contributed by atoms with E-state index in [1.165, 1.54) is 4.31 Å². The second kappa shape index (κ2) is 10.2. The molecule has 2 heterocycles. The first-order valence-electron chi connectivity index (χ1n) is 12.0. The average molecular weight is 499 g/mol. The number of ether oxygens (including phenoxy) is 1. The number of piperidine rings is 1. The number of likely N-dealkylation sites (tertiary alicyclic amines) is 1. The van der Waals surface area contributed by atoms with Crippen molar-refractivity contribution in [2.24, 2.45) is 5.73 Å². The van der Waals surface area contributed by atoms with E-state index in [1.807, 2.05) is 30.0 Å². The highest BCUT2D eigenvalue weighted by atomic mass is 32.2. The van der Waals surface area contributed by atoms with Crippen LogP contribution in [0.3, 0.4) is 0 Å². The molecular weight excluding hydrogens is 464 g/mol. The number of hydrogen-bond donors (Lipinski definition) is 3. The molecule has 1 fully saturated rings. The van der Waals surface area contributed by atoms with Crippen molar-refractivity contribution in [2.45, 2.75) is 50.7 Å². The monoisotopic (exact) mass is 498 g/mol. The van der Waals surface area contributed by atoms with Crippen LogP contribution in [0, 0.1) is 10.8 Å². The number of nitrogens with zero attached hydrogens (tertiary/aromatic N) is 3. The van der Waals surface area contributed by atoms with Crippen LogP contribution in [0.25, 0.3) is 0 Å². The molecule has 9 nitrogen and oxygen atoms in total. The van der Waals surface area contributed by atoms with Crippen molar-refractivity contribution >= 4 is 27.5 Å². The van der Waals surface area contributed by atoms with E-state index in [0.29, 0.717) is 36.9 Å². The third kappa shape index (κ3) is 5.37. The molecule has 188 valence electrons. The fourth-order valence-electron chi connectivity index (χ4n) is 4.71. The number of nitrogens with one attached hydrogen (secondary N) is 2. The lowest BCUT2D eigenvalue weighted by atomic mass is 9.99. The second-order valence-electron chi connectivity index (χ2n) is 9.04. The summed E-state index contributed by atoms with van der Waals surface area (Å²) in [5, 5.41) is 15.5. The molecule has 0 aromatic heterocycles. The van der Waals surface area contributed by atoms with Gasteiger partial charge in [0.05, 0.1) is 16.4 Å². The Bertz CT molecular complexity index is 1190. The van der Waals surface area contributed by atoms with E-state index in [4.69, 9.17) is 21.3 Å². The van der Waals surface area contributed by atoms with Crippen molar-refractivity contribution in [2.75, 3.05) is 30.5 Å². The SMILES string of the molecule is CCN(c1ccc2c(c1)CN(C(=N)N)CC2)S(=O)(=O)c1ccc(OC2CCN(C(C)=N)CC2)cc1. The normalized spacial score (nSPS) is 16.5. The molecule has 2 aliphatic heterocycles. The lowest BCUT2D eigenvalue weighted by Crippen LogP contribution is -2.40. The molecule has 0 bridgehead atoms. The van der Waals surface area contributed by atoms with Crippen LogP contribution in [0.1, 0.15) is 37.8 Å². The molecule has 0 saturated carbocycles. The zero-order valence-electron chi connectivity index (χ0n) is 20.3. The van der Waals surface area contributed by atoms with Gasteiger partial charge in [-0.3, -0.25) is 15.1 Å². The standard InChI is InChI=1S/C25H34N6O3S/c1-3-31(21-5-4-19-10-13-30(25(27)28)17-20(19)16-21)35(32,33)24-8-6-22(7-9-24)34-23-11-14-29(15-12-23)18(2)26/h4-9,16,23,26H,3,10-15,17H2,1-2H3,(H3,27,28). The van der Waals surface area contributed by atoms with E-state index >= 15 is 0 Å². The highest BCUT2D eigenvalue weighted by Gasteiger charge is 2.26. The van der Waals surface area contributed by atoms with Gasteiger partial charge >= 0.3 is 0 Å². The van der Waals surface area contributed by atoms with Crippen molar-refractivity contribution in [1.29, 1.82) is 10.8 Å². The van der Waals surface area contributed by atoms with Crippen molar-refractivity contribution < 1.29 is 13.2 Å². The van der Waals surface area contributed by atoms with Gasteiger partial charge in [-0.1, -0.05) is 6.07 Å². The number of rotatable bonds is 6. The van der Waals surface area contributed by atoms with Gasteiger partial charge in [0, 0.05) is 45.6 Å². The summed E-state index contributed by atoms with van der Waals surface area (Å²) >= 11 is 0. The molecular formula is C25H34N6O3S. The Morgan fingerprint density at radius 3 is 2.34 bits per heavy atom. The van der Waals surface area contributed by atoms with Crippen molar-refractivity contribution in [1.82, 2.24) is 9.80 Å². The molecule has 4 N–H and O–H groups in total. The predicted octanol–water partition coefficient (Wildman–Crippen LogP) is 2.99. The number of fused-ring (bicyclic) bond motifs is 1. The van der Waals surface area contributed by atoms with Crippen molar-refractivity contribution in [3.05, 3.63) is 53.6 Å². The van der Waals surface area contributed by atoms with Crippen LogP contribution < -0.4 is 14.8 Å². The Morgan fingerprint density at radius 1 is 1.06 bits per heavy atom. The highest BCUT2D eigenvalue weighted by molar-refractivity contribution is 7.92. The topological polar surface area (TPSA) is 127 Å². The molecule has 0 aliphatic carbocycles. The summed E-state index contributed by atoms with van der Waals surface area (Å²) in [7, 11) is -3.76. The molecule has 2 aromatic carbocycles. The Kier molecular flexibility index (Phi) is 7.20. The minimum absolute atomic E-state index is 0.0266. The maximum Gasteiger partial charge on any atom is 0.264 e. The van der Waals surface area contributed by atoms with E-state index in [9.17, 15) is 8.42 Å². The summed E-state index contributed by atoms with van der Waals surface area (Å²) in [6, 6.07) is 12.3. The van der Waals surface area contributed by atoms with Crippen LogP contribution >= 0.6 is 0 Å². The lowest BCUT2D eigenvalue weighted by molar-refractivity contribution is 0.130. The van der Waals surface area contributed by atoms with Gasteiger partial charge in [0.15, 0.2) is 5.96 Å². The molecule has 2 aliphatic rings. The second-order valence-corrected chi connectivity index (χ2v) is 10.9. The van der Waals surface area contributed by atoms with Crippen molar-refractivity contribution in [3.8, 4) is 5.75 Å². The molecule has 4 rings (SSSR count). The van der Waals surface area contributed by atoms with Crippen LogP contribution in [0.15, 0.2) is 47.4 Å². The Labute approximate surface area is 207 Å². The number of amidine groups is 1. The van der Waals surface area contributed by atoms with Gasteiger partial charge in [0.2, 0.25) is 0 Å². The molecule has 0 radical (unpaired) electrons. The maximum atomic E-state index is 13.5. The molecule has 0 atom stereocenters. The van der Waals surface area contributed by atoms with Gasteiger partial charge in [-0.15, -0.1) is 0 Å². The van der Waals surface area contributed by atoms with Crippen LogP contribution in [-0.2, 0) is 23.0 Å². The van der Waals surface area contributed by atoms with Crippen LogP contribution in [0.2, 0.25) is 0 Å². The van der Waals surface area contributed by atoms with Gasteiger partial charge in [-0.25, -0.2) is 8.42 Å². The third-order valence-corrected chi connectivity index (χ3v) is 8.67. The molecule has 0 spiro atoms. The first-order chi connectivity index (χ1) is 16.7. The third-order valence-electron chi connectivity index (χ3n) is 6.75. The number of hydrogen-bond acceptors (Lipinski definition) is 5. The molecule has 1 saturated heterocycles. The largest absolute Gasteiger partial charge is 0.490 e. The van der Waals surface area contributed by atoms with Gasteiger partial charge < -0.3 is 20.3 Å². The summed E-state index contributed by atoms with van der Waals surface area (Å²) in [5.74, 6) is 1.25. The van der Waals surface area contributed by atoms with Gasteiger partial charge in [0.25, 0.3) is 10.0 Å². The zero-order valence-corrected chi connectivity index (χ0v) is 21.1. The van der Waals surface area contributed by atoms with E-state index < -0.39 is 10.0 Å². The smallest absolute Gasteiger partial charge is 0.264 e. The molecule has 0 amide bonds. The van der Waals surface area contributed by atoms with E-state index in [1.54, 1.807) is 36.1 Å². The summed E-state index contributed by atoms with van der Waals surface area (Å²) in [6.45, 7) is 6.68. The first-order valence-corrected chi connectivity index (χ1v) is 13.4. The van der Waals surface area contributed by atoms with Gasteiger partial charge in [-0.05, 0) is 67.8 Å². The van der Waals surface area contributed by atoms with Crippen LogP contribution in [-0.4, -0.2) is 62.3 Å². The maximum absolute atomic E-state index is 13.5. The number of benzene rings is 2. The molecule has 10 heteroatoms. The van der Waals surface area contributed by atoms with Crippen LogP contribution in [0.5, 0.6) is 5.75 Å². The van der Waals surface area contributed by atoms with Gasteiger partial charge in [0.1, 0.15) is 11.9 Å². The zero-order chi connectivity index (χ0) is 25.2. The fourth-order valence-corrected chi connectivity index (χ4v) is 6.18. The van der Waals surface area contributed by atoms with E-state index in [0.717, 1.165) is 43.5 Å². The first kappa shape index (κ1) is 24.8. The number of sulfonamides is 1. The summed E-state index contributed by atoms with van der Waals surface area (Å²) in [4.78, 5) is 4.03. The quantitative estimate of drug-likeness (QED) is 0.415. The number of anilines is 1. The fraction of sp³-hybridized carbons (Fsp3) is 0.440. The molecule has 35 heavy (non-hydrogen) atoms. The van der Waals surface area contributed by atoms with Crippen molar-refractivity contribution in [3.63, 3.8) is 0 Å².